The number of benzene rings is 1. The van der Waals surface area contributed by atoms with Crippen LogP contribution in [0.5, 0.6) is 0 Å². The summed E-state index contributed by atoms with van der Waals surface area (Å²) in [6.45, 7) is 5.44. The van der Waals surface area contributed by atoms with E-state index in [0.29, 0.717) is 0 Å². The molecular formula is C16H23N3O. The highest BCUT2D eigenvalue weighted by Gasteiger charge is 2.02. The zero-order valence-electron chi connectivity index (χ0n) is 12.3. The van der Waals surface area contributed by atoms with Crippen molar-refractivity contribution < 1.29 is 4.74 Å². The summed E-state index contributed by atoms with van der Waals surface area (Å²) in [6.07, 6.45) is 4.89. The maximum absolute atomic E-state index is 5.02. The molecule has 0 atom stereocenters. The van der Waals surface area contributed by atoms with Gasteiger partial charge < -0.3 is 14.6 Å². The van der Waals surface area contributed by atoms with Crippen molar-refractivity contribution in [2.45, 2.75) is 26.4 Å². The van der Waals surface area contributed by atoms with Gasteiger partial charge in [-0.05, 0) is 17.5 Å². The first-order valence-corrected chi connectivity index (χ1v) is 7.10. The summed E-state index contributed by atoms with van der Waals surface area (Å²) >= 11 is 0. The molecule has 2 rings (SSSR count). The first-order valence-electron chi connectivity index (χ1n) is 7.10. The summed E-state index contributed by atoms with van der Waals surface area (Å²) in [4.78, 5) is 4.24. The van der Waals surface area contributed by atoms with E-state index in [0.717, 1.165) is 32.7 Å². The van der Waals surface area contributed by atoms with E-state index in [1.54, 1.807) is 7.11 Å². The third kappa shape index (κ3) is 4.18. The minimum absolute atomic E-state index is 0.729. The quantitative estimate of drug-likeness (QED) is 0.750. The Bertz CT molecular complexity index is 505. The molecule has 1 heterocycles. The SMILES string of the molecule is CCc1ccc(Cn2cncc2CNCCOC)cc1. The van der Waals surface area contributed by atoms with Crippen LogP contribution < -0.4 is 5.32 Å². The van der Waals surface area contributed by atoms with Crippen molar-refractivity contribution in [2.75, 3.05) is 20.3 Å². The molecule has 20 heavy (non-hydrogen) atoms. The lowest BCUT2D eigenvalue weighted by Gasteiger charge is -2.09. The molecule has 0 amide bonds. The van der Waals surface area contributed by atoms with Crippen LogP contribution >= 0.6 is 0 Å². The summed E-state index contributed by atoms with van der Waals surface area (Å²) in [5.74, 6) is 0. The average Bonchev–Trinajstić information content (AvgIpc) is 2.92. The van der Waals surface area contributed by atoms with Crippen LogP contribution in [0.4, 0.5) is 0 Å². The Kier molecular flexibility index (Phi) is 5.77. The van der Waals surface area contributed by atoms with Crippen molar-refractivity contribution in [1.82, 2.24) is 14.9 Å². The number of rotatable bonds is 8. The predicted octanol–water partition coefficient (Wildman–Crippen LogP) is 2.23. The van der Waals surface area contributed by atoms with Crippen molar-refractivity contribution in [3.05, 3.63) is 53.6 Å². The summed E-state index contributed by atoms with van der Waals surface area (Å²) in [5, 5.41) is 3.35. The molecule has 0 unspecified atom stereocenters. The highest BCUT2D eigenvalue weighted by molar-refractivity contribution is 5.23. The third-order valence-electron chi connectivity index (χ3n) is 3.37. The molecule has 0 radical (unpaired) electrons. The normalized spacial score (nSPS) is 10.9. The number of aryl methyl sites for hydroxylation is 1. The Labute approximate surface area is 120 Å². The molecule has 4 heteroatoms. The number of imidazole rings is 1. The number of methoxy groups -OCH3 is 1. The van der Waals surface area contributed by atoms with Gasteiger partial charge in [-0.25, -0.2) is 4.98 Å². The van der Waals surface area contributed by atoms with E-state index < -0.39 is 0 Å². The highest BCUT2D eigenvalue weighted by atomic mass is 16.5. The second-order valence-electron chi connectivity index (χ2n) is 4.85. The van der Waals surface area contributed by atoms with Gasteiger partial charge in [0.2, 0.25) is 0 Å². The second kappa shape index (κ2) is 7.82. The van der Waals surface area contributed by atoms with E-state index in [9.17, 15) is 0 Å². The zero-order chi connectivity index (χ0) is 14.2. The molecule has 108 valence electrons. The monoisotopic (exact) mass is 273 g/mol. The molecular weight excluding hydrogens is 250 g/mol. The van der Waals surface area contributed by atoms with Gasteiger partial charge in [0, 0.05) is 32.9 Å². The molecule has 2 aromatic rings. The number of hydrogen-bond donors (Lipinski definition) is 1. The predicted molar refractivity (Wildman–Crippen MR) is 80.7 cm³/mol. The van der Waals surface area contributed by atoms with Crippen molar-refractivity contribution in [2.24, 2.45) is 0 Å². The highest BCUT2D eigenvalue weighted by Crippen LogP contribution is 2.09. The fraction of sp³-hybridized carbons (Fsp3) is 0.438. The van der Waals surface area contributed by atoms with Crippen LogP contribution in [-0.2, 0) is 24.2 Å². The molecule has 0 bridgehead atoms. The first kappa shape index (κ1) is 14.8. The van der Waals surface area contributed by atoms with Gasteiger partial charge in [-0.3, -0.25) is 0 Å². The Balaban J connectivity index is 1.93. The first-order chi connectivity index (χ1) is 9.83. The average molecular weight is 273 g/mol. The smallest absolute Gasteiger partial charge is 0.0951 e. The topological polar surface area (TPSA) is 39.1 Å². The van der Waals surface area contributed by atoms with Gasteiger partial charge in [0.15, 0.2) is 0 Å². The number of nitrogens with one attached hydrogen (secondary N) is 1. The maximum Gasteiger partial charge on any atom is 0.0951 e. The lowest BCUT2D eigenvalue weighted by Crippen LogP contribution is -2.20. The van der Waals surface area contributed by atoms with E-state index in [1.807, 2.05) is 12.5 Å². The lowest BCUT2D eigenvalue weighted by atomic mass is 10.1. The fourth-order valence-corrected chi connectivity index (χ4v) is 2.11. The summed E-state index contributed by atoms with van der Waals surface area (Å²) in [6, 6.07) is 8.79. The molecule has 0 aliphatic rings. The second-order valence-corrected chi connectivity index (χ2v) is 4.85. The lowest BCUT2D eigenvalue weighted by molar-refractivity contribution is 0.199. The van der Waals surface area contributed by atoms with Gasteiger partial charge in [0.1, 0.15) is 0 Å². The number of aromatic nitrogens is 2. The van der Waals surface area contributed by atoms with Gasteiger partial charge in [0.25, 0.3) is 0 Å². The largest absolute Gasteiger partial charge is 0.383 e. The van der Waals surface area contributed by atoms with Crippen molar-refractivity contribution in [3.63, 3.8) is 0 Å². The minimum atomic E-state index is 0.729. The van der Waals surface area contributed by atoms with Gasteiger partial charge in [0.05, 0.1) is 18.6 Å². The molecule has 0 fully saturated rings. The van der Waals surface area contributed by atoms with E-state index in [-0.39, 0.29) is 0 Å². The molecule has 0 saturated heterocycles. The van der Waals surface area contributed by atoms with Crippen LogP contribution in [0.15, 0.2) is 36.8 Å². The van der Waals surface area contributed by atoms with Gasteiger partial charge >= 0.3 is 0 Å². The number of ether oxygens (including phenoxy) is 1. The van der Waals surface area contributed by atoms with Gasteiger partial charge in [-0.15, -0.1) is 0 Å². The van der Waals surface area contributed by atoms with Gasteiger partial charge in [-0.1, -0.05) is 31.2 Å². The Hall–Kier alpha value is -1.65. The summed E-state index contributed by atoms with van der Waals surface area (Å²) in [5.41, 5.74) is 3.87. The molecule has 0 aliphatic carbocycles. The Morgan fingerprint density at radius 2 is 1.95 bits per heavy atom. The third-order valence-corrected chi connectivity index (χ3v) is 3.37. The maximum atomic E-state index is 5.02. The summed E-state index contributed by atoms with van der Waals surface area (Å²) < 4.78 is 7.21. The van der Waals surface area contributed by atoms with E-state index in [1.165, 1.54) is 16.8 Å². The van der Waals surface area contributed by atoms with Crippen LogP contribution in [0.25, 0.3) is 0 Å². The van der Waals surface area contributed by atoms with Crippen molar-refractivity contribution in [1.29, 1.82) is 0 Å². The van der Waals surface area contributed by atoms with E-state index in [2.05, 4.69) is 46.1 Å². The number of nitrogens with zero attached hydrogens (tertiary/aromatic N) is 2. The van der Waals surface area contributed by atoms with Crippen LogP contribution in [0, 0.1) is 0 Å². The fourth-order valence-electron chi connectivity index (χ4n) is 2.11. The molecule has 1 aromatic heterocycles. The summed E-state index contributed by atoms with van der Waals surface area (Å²) in [7, 11) is 1.71. The van der Waals surface area contributed by atoms with Crippen molar-refractivity contribution >= 4 is 0 Å². The molecule has 0 saturated carbocycles. The van der Waals surface area contributed by atoms with Crippen LogP contribution in [0.1, 0.15) is 23.7 Å². The van der Waals surface area contributed by atoms with Crippen molar-refractivity contribution in [3.8, 4) is 0 Å². The minimum Gasteiger partial charge on any atom is -0.383 e. The molecule has 0 spiro atoms. The van der Waals surface area contributed by atoms with Crippen LogP contribution in [0.2, 0.25) is 0 Å². The van der Waals surface area contributed by atoms with Crippen LogP contribution in [-0.4, -0.2) is 29.8 Å². The molecule has 1 N–H and O–H groups in total. The molecule has 1 aromatic carbocycles. The number of hydrogen-bond acceptors (Lipinski definition) is 3. The zero-order valence-corrected chi connectivity index (χ0v) is 12.3. The Morgan fingerprint density at radius 3 is 2.65 bits per heavy atom. The van der Waals surface area contributed by atoms with E-state index in [4.69, 9.17) is 4.74 Å². The molecule has 0 aliphatic heterocycles. The molecule has 4 nitrogen and oxygen atoms in total. The Morgan fingerprint density at radius 1 is 1.20 bits per heavy atom. The van der Waals surface area contributed by atoms with E-state index >= 15 is 0 Å². The standard InChI is InChI=1S/C16H23N3O/c1-3-14-4-6-15(7-5-14)12-19-13-18-11-16(19)10-17-8-9-20-2/h4-7,11,13,17H,3,8-10,12H2,1-2H3. The van der Waals surface area contributed by atoms with Crippen LogP contribution in [0.3, 0.4) is 0 Å². The van der Waals surface area contributed by atoms with Gasteiger partial charge in [-0.2, -0.15) is 0 Å².